The van der Waals surface area contributed by atoms with E-state index in [2.05, 4.69) is 54.6 Å². The van der Waals surface area contributed by atoms with Crippen molar-refractivity contribution in [2.75, 3.05) is 0 Å². The first-order valence-electron chi connectivity index (χ1n) is 12.0. The van der Waals surface area contributed by atoms with Crippen LogP contribution < -0.4 is 0 Å². The van der Waals surface area contributed by atoms with Crippen molar-refractivity contribution in [1.29, 1.82) is 0 Å². The normalized spacial score (nSPS) is 38.5. The average molecular weight is 445 g/mol. The number of allylic oxidation sites excluding steroid dienone is 2. The summed E-state index contributed by atoms with van der Waals surface area (Å²) in [5, 5.41) is 12.6. The highest BCUT2D eigenvalue weighted by molar-refractivity contribution is 6.87. The Morgan fingerprint density at radius 1 is 1.16 bits per heavy atom. The van der Waals surface area contributed by atoms with Crippen LogP contribution in [0.5, 0.6) is 0 Å². The second-order valence-corrected chi connectivity index (χ2v) is 18.1. The van der Waals surface area contributed by atoms with Crippen LogP contribution in [0.15, 0.2) is 21.9 Å². The molecule has 1 heterocycles. The van der Waals surface area contributed by atoms with Crippen LogP contribution in [0.3, 0.4) is 0 Å². The third kappa shape index (κ3) is 2.81. The number of Topliss-reactive ketones (excluding diaryl/α,β-unsaturated/α-hetero) is 1. The van der Waals surface area contributed by atoms with Crippen molar-refractivity contribution < 1.29 is 19.4 Å². The monoisotopic (exact) mass is 444 g/mol. The fourth-order valence-corrected chi connectivity index (χ4v) is 9.19. The van der Waals surface area contributed by atoms with E-state index >= 15 is 0 Å². The predicted octanol–water partition coefficient (Wildman–Crippen LogP) is 5.37. The molecule has 4 rings (SSSR count). The molecule has 3 aliphatic carbocycles. The minimum atomic E-state index is -2.12. The number of ketones is 1. The van der Waals surface area contributed by atoms with E-state index in [4.69, 9.17) is 4.74 Å². The standard InChI is InChI=1S/C26H40O4Si/c1-14(2)15-10-11-25(6)16(15)12-18(27)26(7)19(28)13-17(31(8,9)24(3,4)5)20-21(26)22(25)30-23(20)29/h14,18,21-22,27H,10-13H2,1-9H3/t18-,21+,22+,25+,26-/m1/s1. The zero-order chi connectivity index (χ0) is 23.3. The van der Waals surface area contributed by atoms with E-state index in [1.165, 1.54) is 11.1 Å². The fraction of sp³-hybridized carbons (Fsp3) is 0.769. The summed E-state index contributed by atoms with van der Waals surface area (Å²) in [6.45, 7) is 19.7. The molecule has 4 nitrogen and oxygen atoms in total. The molecule has 0 bridgehead atoms. The lowest BCUT2D eigenvalue weighted by atomic mass is 9.60. The molecule has 1 aliphatic heterocycles. The predicted molar refractivity (Wildman–Crippen MR) is 125 cm³/mol. The van der Waals surface area contributed by atoms with Crippen molar-refractivity contribution in [2.24, 2.45) is 22.7 Å². The molecule has 1 saturated carbocycles. The molecule has 0 unspecified atom stereocenters. The molecule has 0 amide bonds. The zero-order valence-corrected chi connectivity index (χ0v) is 21.8. The van der Waals surface area contributed by atoms with E-state index in [1.807, 2.05) is 6.92 Å². The maximum absolute atomic E-state index is 13.8. The lowest BCUT2D eigenvalue weighted by Crippen LogP contribution is -2.54. The van der Waals surface area contributed by atoms with Gasteiger partial charge in [0.1, 0.15) is 11.9 Å². The summed E-state index contributed by atoms with van der Waals surface area (Å²) in [4.78, 5) is 27.3. The van der Waals surface area contributed by atoms with E-state index < -0.39 is 19.6 Å². The second kappa shape index (κ2) is 6.66. The summed E-state index contributed by atoms with van der Waals surface area (Å²) in [6, 6.07) is 0. The molecule has 4 aliphatic rings. The number of hydrogen-bond acceptors (Lipinski definition) is 4. The second-order valence-electron chi connectivity index (χ2n) is 12.7. The molecule has 2 fully saturated rings. The smallest absolute Gasteiger partial charge is 0.334 e. The third-order valence-corrected chi connectivity index (χ3v) is 15.7. The molecule has 31 heavy (non-hydrogen) atoms. The number of carbonyl (C=O) groups is 2. The molecule has 0 spiro atoms. The molecule has 0 aromatic carbocycles. The van der Waals surface area contributed by atoms with Gasteiger partial charge in [-0.05, 0) is 37.1 Å². The summed E-state index contributed by atoms with van der Waals surface area (Å²) < 4.78 is 6.23. The number of aliphatic hydroxyl groups excluding tert-OH is 1. The van der Waals surface area contributed by atoms with E-state index in [0.29, 0.717) is 12.3 Å². The van der Waals surface area contributed by atoms with Crippen LogP contribution in [0.4, 0.5) is 0 Å². The van der Waals surface area contributed by atoms with Gasteiger partial charge in [-0.3, -0.25) is 4.79 Å². The third-order valence-electron chi connectivity index (χ3n) is 10.0. The average Bonchev–Trinajstić information content (AvgIpc) is 3.14. The van der Waals surface area contributed by atoms with Crippen LogP contribution in [0.25, 0.3) is 0 Å². The largest absolute Gasteiger partial charge is 0.457 e. The van der Waals surface area contributed by atoms with Gasteiger partial charge in [-0.15, -0.1) is 0 Å². The van der Waals surface area contributed by atoms with Gasteiger partial charge in [0.25, 0.3) is 0 Å². The summed E-state index contributed by atoms with van der Waals surface area (Å²) >= 11 is 0. The summed E-state index contributed by atoms with van der Waals surface area (Å²) in [6.07, 6.45) is 1.54. The number of carbonyl (C=O) groups excluding carboxylic acids is 2. The van der Waals surface area contributed by atoms with Gasteiger partial charge < -0.3 is 9.84 Å². The highest BCUT2D eigenvalue weighted by Gasteiger charge is 2.68. The van der Waals surface area contributed by atoms with Crippen LogP contribution in [0, 0.1) is 22.7 Å². The highest BCUT2D eigenvalue weighted by Crippen LogP contribution is 2.64. The Hall–Kier alpha value is -1.20. The van der Waals surface area contributed by atoms with Gasteiger partial charge >= 0.3 is 5.97 Å². The van der Waals surface area contributed by atoms with Crippen molar-refractivity contribution in [1.82, 2.24) is 0 Å². The number of aliphatic hydroxyl groups is 1. The molecule has 0 aromatic rings. The molecule has 0 radical (unpaired) electrons. The quantitative estimate of drug-likeness (QED) is 0.353. The minimum Gasteiger partial charge on any atom is -0.457 e. The first-order valence-corrected chi connectivity index (χ1v) is 15.0. The Labute approximate surface area is 188 Å². The Morgan fingerprint density at radius 2 is 1.77 bits per heavy atom. The molecule has 1 saturated heterocycles. The molecular weight excluding hydrogens is 404 g/mol. The molecule has 1 N–H and O–H groups in total. The summed E-state index contributed by atoms with van der Waals surface area (Å²) in [7, 11) is -2.12. The number of ether oxygens (including phenoxy) is 1. The van der Waals surface area contributed by atoms with Crippen LogP contribution in [0.2, 0.25) is 18.1 Å². The lowest BCUT2D eigenvalue weighted by molar-refractivity contribution is -0.148. The molecule has 172 valence electrons. The number of fused-ring (bicyclic) bond motifs is 2. The number of hydrogen-bond donors (Lipinski definition) is 1. The zero-order valence-electron chi connectivity index (χ0n) is 20.8. The van der Waals surface area contributed by atoms with Crippen LogP contribution in [-0.4, -0.2) is 37.1 Å². The van der Waals surface area contributed by atoms with E-state index in [9.17, 15) is 14.7 Å². The van der Waals surface area contributed by atoms with Crippen molar-refractivity contribution in [3.8, 4) is 0 Å². The maximum Gasteiger partial charge on any atom is 0.334 e. The first-order chi connectivity index (χ1) is 14.1. The van der Waals surface area contributed by atoms with Crippen LogP contribution in [0.1, 0.15) is 74.1 Å². The van der Waals surface area contributed by atoms with Crippen molar-refractivity contribution in [3.05, 3.63) is 21.9 Å². The highest BCUT2D eigenvalue weighted by atomic mass is 28.3. The maximum atomic E-state index is 13.8. The molecule has 5 atom stereocenters. The fourth-order valence-electron chi connectivity index (χ4n) is 6.76. The van der Waals surface area contributed by atoms with Gasteiger partial charge in [0, 0.05) is 23.3 Å². The SMILES string of the molecule is CC(C)C1=C2C[C@@H](O)[C@]3(C)C(=O)CC([Si](C)(C)C(C)(C)C)=C4C(=O)O[C@@H]([C@H]43)[C@@]2(C)CC1. The van der Waals surface area contributed by atoms with E-state index in [0.717, 1.165) is 23.6 Å². The summed E-state index contributed by atoms with van der Waals surface area (Å²) in [5.41, 5.74) is 2.09. The summed E-state index contributed by atoms with van der Waals surface area (Å²) in [5.74, 6) is -0.106. The Kier molecular flexibility index (Phi) is 4.94. The Morgan fingerprint density at radius 3 is 2.32 bits per heavy atom. The van der Waals surface area contributed by atoms with Gasteiger partial charge in [-0.2, -0.15) is 0 Å². The van der Waals surface area contributed by atoms with Crippen molar-refractivity contribution in [3.63, 3.8) is 0 Å². The molecule has 5 heteroatoms. The van der Waals surface area contributed by atoms with Gasteiger partial charge in [0.05, 0.1) is 19.6 Å². The number of rotatable bonds is 2. The number of esters is 1. The Bertz CT molecular complexity index is 918. The van der Waals surface area contributed by atoms with Gasteiger partial charge in [-0.1, -0.05) is 71.0 Å². The van der Waals surface area contributed by atoms with Crippen molar-refractivity contribution in [2.45, 2.75) is 104 Å². The van der Waals surface area contributed by atoms with Gasteiger partial charge in [0.15, 0.2) is 0 Å². The van der Waals surface area contributed by atoms with E-state index in [1.54, 1.807) is 0 Å². The first kappa shape index (κ1) is 23.0. The minimum absolute atomic E-state index is 0.0121. The topological polar surface area (TPSA) is 63.6 Å². The van der Waals surface area contributed by atoms with Gasteiger partial charge in [-0.25, -0.2) is 4.79 Å². The lowest BCUT2D eigenvalue weighted by Gasteiger charge is -2.47. The van der Waals surface area contributed by atoms with Crippen LogP contribution >= 0.6 is 0 Å². The Balaban J connectivity index is 2.00. The molecular formula is C26H40O4Si. The van der Waals surface area contributed by atoms with Gasteiger partial charge in [0.2, 0.25) is 0 Å². The molecule has 0 aromatic heterocycles. The van der Waals surface area contributed by atoms with E-state index in [-0.39, 0.29) is 40.6 Å². The van der Waals surface area contributed by atoms with Crippen molar-refractivity contribution >= 4 is 19.8 Å². The van der Waals surface area contributed by atoms with Crippen LogP contribution in [-0.2, 0) is 14.3 Å².